The van der Waals surface area contributed by atoms with E-state index in [0.29, 0.717) is 23.0 Å². The van der Waals surface area contributed by atoms with E-state index in [1.807, 2.05) is 30.3 Å². The third-order valence-corrected chi connectivity index (χ3v) is 4.33. The first-order valence-electron chi connectivity index (χ1n) is 8.64. The number of nitrogens with one attached hydrogen (secondary N) is 1. The lowest BCUT2D eigenvalue weighted by atomic mass is 9.97. The Kier molecular flexibility index (Phi) is 6.62. The Balaban J connectivity index is 2.13. The summed E-state index contributed by atoms with van der Waals surface area (Å²) < 4.78 is 11.0. The number of ether oxygens (including phenoxy) is 2. The third-order valence-electron chi connectivity index (χ3n) is 4.33. The fourth-order valence-electron chi connectivity index (χ4n) is 2.57. The molecule has 0 spiro atoms. The van der Waals surface area contributed by atoms with Crippen molar-refractivity contribution >= 4 is 11.6 Å². The van der Waals surface area contributed by atoms with Gasteiger partial charge in [0.15, 0.2) is 17.6 Å². The van der Waals surface area contributed by atoms with Gasteiger partial charge in [0.2, 0.25) is 0 Å². The van der Waals surface area contributed by atoms with Crippen molar-refractivity contribution in [2.24, 2.45) is 0 Å². The molecule has 0 saturated heterocycles. The third kappa shape index (κ3) is 4.54. The molecule has 0 heterocycles. The van der Waals surface area contributed by atoms with Crippen molar-refractivity contribution in [2.75, 3.05) is 12.4 Å². The molecule has 2 aromatic carbocycles. The Labute approximate surface area is 154 Å². The van der Waals surface area contributed by atoms with Gasteiger partial charge in [0.1, 0.15) is 0 Å². The number of hydrogen-bond acceptors (Lipinski definition) is 4. The van der Waals surface area contributed by atoms with Crippen LogP contribution in [0.2, 0.25) is 0 Å². The number of nitriles is 1. The quantitative estimate of drug-likeness (QED) is 0.797. The van der Waals surface area contributed by atoms with E-state index in [4.69, 9.17) is 14.7 Å². The van der Waals surface area contributed by atoms with E-state index in [1.54, 1.807) is 25.1 Å². The summed E-state index contributed by atoms with van der Waals surface area (Å²) in [6, 6.07) is 14.7. The number of benzene rings is 2. The van der Waals surface area contributed by atoms with Crippen molar-refractivity contribution < 1.29 is 14.3 Å². The summed E-state index contributed by atoms with van der Waals surface area (Å²) in [5.74, 6) is 0.946. The Morgan fingerprint density at radius 2 is 1.92 bits per heavy atom. The maximum atomic E-state index is 12.6. The van der Waals surface area contributed by atoms with E-state index >= 15 is 0 Å². The minimum absolute atomic E-state index is 0.243. The van der Waals surface area contributed by atoms with Gasteiger partial charge >= 0.3 is 0 Å². The van der Waals surface area contributed by atoms with Gasteiger partial charge in [-0.15, -0.1) is 0 Å². The minimum Gasteiger partial charge on any atom is -0.493 e. The van der Waals surface area contributed by atoms with Crippen LogP contribution in [0.15, 0.2) is 42.5 Å². The molecule has 1 amide bonds. The summed E-state index contributed by atoms with van der Waals surface area (Å²) >= 11 is 0. The first kappa shape index (κ1) is 19.3. The smallest absolute Gasteiger partial charge is 0.265 e. The zero-order valence-electron chi connectivity index (χ0n) is 15.6. The zero-order valence-corrected chi connectivity index (χ0v) is 15.6. The van der Waals surface area contributed by atoms with Crippen LogP contribution in [0, 0.1) is 11.3 Å². The Morgan fingerprint density at radius 3 is 2.58 bits per heavy atom. The van der Waals surface area contributed by atoms with Crippen molar-refractivity contribution in [2.45, 2.75) is 39.2 Å². The first-order valence-corrected chi connectivity index (χ1v) is 8.64. The second-order valence-electron chi connectivity index (χ2n) is 6.12. The molecule has 2 atom stereocenters. The van der Waals surface area contributed by atoms with Crippen LogP contribution in [0.25, 0.3) is 0 Å². The van der Waals surface area contributed by atoms with E-state index in [-0.39, 0.29) is 5.91 Å². The van der Waals surface area contributed by atoms with Gasteiger partial charge in [0, 0.05) is 11.8 Å². The molecule has 0 aliphatic carbocycles. The van der Waals surface area contributed by atoms with Crippen molar-refractivity contribution in [3.05, 3.63) is 53.6 Å². The first-order chi connectivity index (χ1) is 12.5. The second-order valence-corrected chi connectivity index (χ2v) is 6.12. The summed E-state index contributed by atoms with van der Waals surface area (Å²) in [6.07, 6.45) is 0.267. The molecule has 2 rings (SSSR count). The van der Waals surface area contributed by atoms with E-state index in [1.165, 1.54) is 7.11 Å². The van der Waals surface area contributed by atoms with Gasteiger partial charge in [-0.1, -0.05) is 32.0 Å². The predicted octanol–water partition coefficient (Wildman–Crippen LogP) is 4.49. The predicted molar refractivity (Wildman–Crippen MR) is 102 cm³/mol. The summed E-state index contributed by atoms with van der Waals surface area (Å²) in [6.45, 7) is 5.93. The highest BCUT2D eigenvalue weighted by molar-refractivity contribution is 5.94. The molecule has 5 nitrogen and oxygen atoms in total. The van der Waals surface area contributed by atoms with Gasteiger partial charge in [0.25, 0.3) is 5.91 Å². The van der Waals surface area contributed by atoms with Crippen LogP contribution < -0.4 is 14.8 Å². The van der Waals surface area contributed by atoms with E-state index in [2.05, 4.69) is 19.2 Å². The summed E-state index contributed by atoms with van der Waals surface area (Å²) in [7, 11) is 1.50. The molecule has 26 heavy (non-hydrogen) atoms. The lowest BCUT2D eigenvalue weighted by Crippen LogP contribution is -2.30. The molecule has 0 aliphatic rings. The van der Waals surface area contributed by atoms with Gasteiger partial charge in [-0.2, -0.15) is 5.26 Å². The molecular weight excluding hydrogens is 328 g/mol. The average Bonchev–Trinajstić information content (AvgIpc) is 2.67. The molecule has 0 saturated carbocycles. The number of methoxy groups -OCH3 is 1. The van der Waals surface area contributed by atoms with E-state index < -0.39 is 6.10 Å². The number of hydrogen-bond donors (Lipinski definition) is 1. The van der Waals surface area contributed by atoms with Crippen molar-refractivity contribution in [1.29, 1.82) is 5.26 Å². The zero-order chi connectivity index (χ0) is 19.1. The summed E-state index contributed by atoms with van der Waals surface area (Å²) in [5, 5.41) is 11.9. The summed E-state index contributed by atoms with van der Waals surface area (Å²) in [4.78, 5) is 12.6. The molecule has 0 fully saturated rings. The Bertz CT molecular complexity index is 811. The highest BCUT2D eigenvalue weighted by Gasteiger charge is 2.19. The van der Waals surface area contributed by atoms with Crippen LogP contribution in [0.3, 0.4) is 0 Å². The van der Waals surface area contributed by atoms with Crippen LogP contribution in [-0.2, 0) is 4.79 Å². The number of anilines is 1. The molecule has 5 heteroatoms. The van der Waals surface area contributed by atoms with E-state index in [0.717, 1.165) is 17.7 Å². The van der Waals surface area contributed by atoms with Gasteiger partial charge in [-0.3, -0.25) is 4.79 Å². The van der Waals surface area contributed by atoms with Gasteiger partial charge in [-0.05, 0) is 43.0 Å². The van der Waals surface area contributed by atoms with Gasteiger partial charge in [-0.25, -0.2) is 0 Å². The van der Waals surface area contributed by atoms with Gasteiger partial charge < -0.3 is 14.8 Å². The number of amides is 1. The van der Waals surface area contributed by atoms with E-state index in [9.17, 15) is 4.79 Å². The SMILES string of the molecule is CC[C@@H](C)c1ccccc1NC(=O)[C@@H](C)Oc1ccc(C#N)cc1OC. The molecule has 0 unspecified atom stereocenters. The molecular formula is C21H24N2O3. The molecule has 0 bridgehead atoms. The topological polar surface area (TPSA) is 71.3 Å². The van der Waals surface area contributed by atoms with Gasteiger partial charge in [0.05, 0.1) is 18.7 Å². The highest BCUT2D eigenvalue weighted by atomic mass is 16.5. The minimum atomic E-state index is -0.721. The lowest BCUT2D eigenvalue weighted by molar-refractivity contribution is -0.122. The van der Waals surface area contributed by atoms with Crippen molar-refractivity contribution in [3.8, 4) is 17.6 Å². The van der Waals surface area contributed by atoms with Crippen LogP contribution in [0.1, 0.15) is 44.2 Å². The number of rotatable bonds is 7. The van der Waals surface area contributed by atoms with Crippen LogP contribution >= 0.6 is 0 Å². The lowest BCUT2D eigenvalue weighted by Gasteiger charge is -2.19. The van der Waals surface area contributed by atoms with Crippen molar-refractivity contribution in [1.82, 2.24) is 0 Å². The number of carbonyl (C=O) groups is 1. The maximum absolute atomic E-state index is 12.6. The number of para-hydroxylation sites is 1. The van der Waals surface area contributed by atoms with Crippen LogP contribution in [-0.4, -0.2) is 19.1 Å². The Morgan fingerprint density at radius 1 is 1.19 bits per heavy atom. The van der Waals surface area contributed by atoms with Crippen LogP contribution in [0.4, 0.5) is 5.69 Å². The number of carbonyl (C=O) groups excluding carboxylic acids is 1. The molecule has 136 valence electrons. The monoisotopic (exact) mass is 352 g/mol. The highest BCUT2D eigenvalue weighted by Crippen LogP contribution is 2.30. The second kappa shape index (κ2) is 8.91. The number of nitrogens with zero attached hydrogens (tertiary/aromatic N) is 1. The fraction of sp³-hybridized carbons (Fsp3) is 0.333. The molecule has 0 radical (unpaired) electrons. The normalized spacial score (nSPS) is 12.6. The fourth-order valence-corrected chi connectivity index (χ4v) is 2.57. The Hall–Kier alpha value is -3.00. The molecule has 0 aromatic heterocycles. The maximum Gasteiger partial charge on any atom is 0.265 e. The van der Waals surface area contributed by atoms with Crippen molar-refractivity contribution in [3.63, 3.8) is 0 Å². The molecule has 0 aliphatic heterocycles. The summed E-state index contributed by atoms with van der Waals surface area (Å²) in [5.41, 5.74) is 2.37. The molecule has 2 aromatic rings. The largest absolute Gasteiger partial charge is 0.493 e. The standard InChI is InChI=1S/C21H24N2O3/c1-5-14(2)17-8-6-7-9-18(17)23-21(24)15(3)26-19-11-10-16(13-22)12-20(19)25-4/h6-12,14-15H,5H2,1-4H3,(H,23,24)/t14-,15-/m1/s1. The average molecular weight is 352 g/mol. The molecule has 1 N–H and O–H groups in total. The van der Waals surface area contributed by atoms with Crippen LogP contribution in [0.5, 0.6) is 11.5 Å².